The number of carbonyl (C=O) groups excluding carboxylic acids is 1. The van der Waals surface area contributed by atoms with Crippen molar-refractivity contribution >= 4 is 6.47 Å². The first-order chi connectivity index (χ1) is 10.9. The standard InChI is InChI=1S/C18H20O4/c19-15-22-18(13-20-11-16-7-3-1-4-8-16)14-21-12-17-9-5-2-6-10-17/h1-10,15,18H,11-14H2. The van der Waals surface area contributed by atoms with Gasteiger partial charge in [0.1, 0.15) is 6.10 Å². The minimum atomic E-state index is -0.398. The molecular weight excluding hydrogens is 280 g/mol. The zero-order chi connectivity index (χ0) is 15.5. The van der Waals surface area contributed by atoms with Crippen LogP contribution in [0, 0.1) is 0 Å². The van der Waals surface area contributed by atoms with E-state index < -0.39 is 6.10 Å². The molecule has 0 unspecified atom stereocenters. The van der Waals surface area contributed by atoms with Gasteiger partial charge in [-0.15, -0.1) is 0 Å². The zero-order valence-corrected chi connectivity index (χ0v) is 12.4. The topological polar surface area (TPSA) is 44.8 Å². The van der Waals surface area contributed by atoms with Crippen molar-refractivity contribution in [3.05, 3.63) is 71.8 Å². The van der Waals surface area contributed by atoms with E-state index in [1.807, 2.05) is 60.7 Å². The normalized spacial score (nSPS) is 10.6. The van der Waals surface area contributed by atoms with Gasteiger partial charge in [-0.1, -0.05) is 60.7 Å². The summed E-state index contributed by atoms with van der Waals surface area (Å²) in [6.45, 7) is 2.02. The van der Waals surface area contributed by atoms with Crippen molar-refractivity contribution in [1.82, 2.24) is 0 Å². The summed E-state index contributed by atoms with van der Waals surface area (Å²) >= 11 is 0. The molecule has 0 radical (unpaired) electrons. The number of rotatable bonds is 10. The Morgan fingerprint density at radius 1 is 0.773 bits per heavy atom. The fourth-order valence-electron chi connectivity index (χ4n) is 1.97. The number of ether oxygens (including phenoxy) is 3. The molecule has 0 aromatic heterocycles. The summed E-state index contributed by atoms with van der Waals surface area (Å²) in [5.41, 5.74) is 2.16. The second kappa shape index (κ2) is 9.71. The molecule has 0 saturated carbocycles. The maximum atomic E-state index is 10.5. The van der Waals surface area contributed by atoms with Gasteiger partial charge in [-0.3, -0.25) is 4.79 Å². The van der Waals surface area contributed by atoms with E-state index in [2.05, 4.69) is 0 Å². The van der Waals surface area contributed by atoms with Crippen LogP contribution in [0.15, 0.2) is 60.7 Å². The van der Waals surface area contributed by atoms with E-state index in [-0.39, 0.29) is 0 Å². The number of hydrogen-bond acceptors (Lipinski definition) is 4. The summed E-state index contributed by atoms with van der Waals surface area (Å²) in [5.74, 6) is 0. The van der Waals surface area contributed by atoms with Crippen molar-refractivity contribution in [2.24, 2.45) is 0 Å². The Morgan fingerprint density at radius 2 is 1.23 bits per heavy atom. The predicted molar refractivity (Wildman–Crippen MR) is 83.1 cm³/mol. The summed E-state index contributed by atoms with van der Waals surface area (Å²) in [7, 11) is 0. The van der Waals surface area contributed by atoms with E-state index in [0.29, 0.717) is 32.9 Å². The van der Waals surface area contributed by atoms with Crippen LogP contribution < -0.4 is 0 Å². The van der Waals surface area contributed by atoms with E-state index in [1.54, 1.807) is 0 Å². The van der Waals surface area contributed by atoms with Gasteiger partial charge in [0.25, 0.3) is 6.47 Å². The van der Waals surface area contributed by atoms with Gasteiger partial charge in [0.2, 0.25) is 0 Å². The molecule has 2 aromatic carbocycles. The zero-order valence-electron chi connectivity index (χ0n) is 12.4. The molecule has 2 rings (SSSR count). The second-order valence-electron chi connectivity index (χ2n) is 4.86. The Hall–Kier alpha value is -2.17. The fraction of sp³-hybridized carbons (Fsp3) is 0.278. The molecule has 4 heteroatoms. The molecule has 22 heavy (non-hydrogen) atoms. The van der Waals surface area contributed by atoms with E-state index in [0.717, 1.165) is 11.1 Å². The van der Waals surface area contributed by atoms with Crippen LogP contribution in [0.1, 0.15) is 11.1 Å². The second-order valence-corrected chi connectivity index (χ2v) is 4.86. The Bertz CT molecular complexity index is 482. The monoisotopic (exact) mass is 300 g/mol. The van der Waals surface area contributed by atoms with Gasteiger partial charge >= 0.3 is 0 Å². The molecule has 0 aliphatic carbocycles. The summed E-state index contributed by atoms with van der Waals surface area (Å²) in [4.78, 5) is 10.5. The number of hydrogen-bond donors (Lipinski definition) is 0. The molecule has 0 aliphatic rings. The maximum Gasteiger partial charge on any atom is 0.293 e. The Kier molecular flexibility index (Phi) is 7.15. The van der Waals surface area contributed by atoms with Crippen molar-refractivity contribution in [3.63, 3.8) is 0 Å². The Labute approximate surface area is 130 Å². The lowest BCUT2D eigenvalue weighted by molar-refractivity contribution is -0.141. The molecule has 0 bridgehead atoms. The smallest absolute Gasteiger partial charge is 0.293 e. The molecule has 0 atom stereocenters. The van der Waals surface area contributed by atoms with Gasteiger partial charge < -0.3 is 14.2 Å². The molecule has 0 fully saturated rings. The van der Waals surface area contributed by atoms with Crippen LogP contribution in [0.5, 0.6) is 0 Å². The van der Waals surface area contributed by atoms with Crippen molar-refractivity contribution in [3.8, 4) is 0 Å². The lowest BCUT2D eigenvalue weighted by Gasteiger charge is -2.15. The SMILES string of the molecule is O=COC(COCc1ccccc1)COCc1ccccc1. The summed E-state index contributed by atoms with van der Waals surface area (Å²) in [5, 5.41) is 0. The third-order valence-corrected chi connectivity index (χ3v) is 3.08. The highest BCUT2D eigenvalue weighted by Gasteiger charge is 2.10. The van der Waals surface area contributed by atoms with Crippen LogP contribution in [-0.4, -0.2) is 25.8 Å². The molecule has 4 nitrogen and oxygen atoms in total. The van der Waals surface area contributed by atoms with Crippen molar-refractivity contribution in [2.45, 2.75) is 19.3 Å². The van der Waals surface area contributed by atoms with Gasteiger partial charge in [-0.25, -0.2) is 0 Å². The number of benzene rings is 2. The molecule has 0 amide bonds. The maximum absolute atomic E-state index is 10.5. The molecule has 116 valence electrons. The number of carbonyl (C=O) groups is 1. The highest BCUT2D eigenvalue weighted by molar-refractivity contribution is 5.37. The fourth-order valence-corrected chi connectivity index (χ4v) is 1.97. The van der Waals surface area contributed by atoms with Crippen LogP contribution >= 0.6 is 0 Å². The lowest BCUT2D eigenvalue weighted by atomic mass is 10.2. The Balaban J connectivity index is 1.69. The van der Waals surface area contributed by atoms with Crippen molar-refractivity contribution < 1.29 is 19.0 Å². The minimum Gasteiger partial charge on any atom is -0.460 e. The van der Waals surface area contributed by atoms with Gasteiger partial charge in [0, 0.05) is 0 Å². The van der Waals surface area contributed by atoms with Gasteiger partial charge in [0.05, 0.1) is 26.4 Å². The first-order valence-electron chi connectivity index (χ1n) is 7.21. The van der Waals surface area contributed by atoms with E-state index in [4.69, 9.17) is 14.2 Å². The highest BCUT2D eigenvalue weighted by atomic mass is 16.6. The van der Waals surface area contributed by atoms with Crippen LogP contribution in [0.2, 0.25) is 0 Å². The lowest BCUT2D eigenvalue weighted by Crippen LogP contribution is -2.25. The van der Waals surface area contributed by atoms with E-state index in [1.165, 1.54) is 0 Å². The van der Waals surface area contributed by atoms with Crippen molar-refractivity contribution in [2.75, 3.05) is 13.2 Å². The summed E-state index contributed by atoms with van der Waals surface area (Å²) < 4.78 is 16.1. The van der Waals surface area contributed by atoms with Crippen LogP contribution in [0.4, 0.5) is 0 Å². The van der Waals surface area contributed by atoms with Gasteiger partial charge in [-0.05, 0) is 11.1 Å². The molecule has 2 aromatic rings. The first-order valence-corrected chi connectivity index (χ1v) is 7.21. The van der Waals surface area contributed by atoms with Gasteiger partial charge in [-0.2, -0.15) is 0 Å². The predicted octanol–water partition coefficient (Wildman–Crippen LogP) is 2.96. The van der Waals surface area contributed by atoms with Crippen LogP contribution in [-0.2, 0) is 32.2 Å². The third-order valence-electron chi connectivity index (χ3n) is 3.08. The minimum absolute atomic E-state index is 0.308. The van der Waals surface area contributed by atoms with Gasteiger partial charge in [0.15, 0.2) is 0 Å². The summed E-state index contributed by atoms with van der Waals surface area (Å²) in [6.07, 6.45) is -0.398. The molecule has 0 saturated heterocycles. The highest BCUT2D eigenvalue weighted by Crippen LogP contribution is 2.04. The Morgan fingerprint density at radius 3 is 1.64 bits per heavy atom. The molecule has 0 spiro atoms. The molecule has 0 heterocycles. The molecule has 0 N–H and O–H groups in total. The third kappa shape index (κ3) is 6.08. The largest absolute Gasteiger partial charge is 0.460 e. The van der Waals surface area contributed by atoms with Crippen molar-refractivity contribution in [1.29, 1.82) is 0 Å². The first kappa shape index (κ1) is 16.2. The average Bonchev–Trinajstić information content (AvgIpc) is 2.57. The molecule has 0 aliphatic heterocycles. The van der Waals surface area contributed by atoms with Crippen LogP contribution in [0.25, 0.3) is 0 Å². The summed E-state index contributed by atoms with van der Waals surface area (Å²) in [6, 6.07) is 19.7. The van der Waals surface area contributed by atoms with E-state index in [9.17, 15) is 4.79 Å². The van der Waals surface area contributed by atoms with E-state index >= 15 is 0 Å². The molecular formula is C18H20O4. The quantitative estimate of drug-likeness (QED) is 0.633. The average molecular weight is 300 g/mol. The van der Waals surface area contributed by atoms with Crippen LogP contribution in [0.3, 0.4) is 0 Å².